The molecule has 1 aromatic heterocycles. The van der Waals surface area contributed by atoms with Crippen LogP contribution >= 0.6 is 27.3 Å². The van der Waals surface area contributed by atoms with Crippen LogP contribution in [0.25, 0.3) is 0 Å². The van der Waals surface area contributed by atoms with Gasteiger partial charge >= 0.3 is 0 Å². The van der Waals surface area contributed by atoms with E-state index in [0.717, 1.165) is 59.8 Å². The van der Waals surface area contributed by atoms with Gasteiger partial charge in [0, 0.05) is 42.8 Å². The average Bonchev–Trinajstić information content (AvgIpc) is 3.47. The first-order chi connectivity index (χ1) is 15.6. The molecule has 0 radical (unpaired) electrons. The van der Waals surface area contributed by atoms with Gasteiger partial charge in [-0.1, -0.05) is 34.1 Å². The number of amides is 1. The summed E-state index contributed by atoms with van der Waals surface area (Å²) in [5.74, 6) is 1.06. The fourth-order valence-corrected chi connectivity index (χ4v) is 5.84. The summed E-state index contributed by atoms with van der Waals surface area (Å²) in [6, 6.07) is 16.9. The third-order valence-corrected chi connectivity index (χ3v) is 7.75. The quantitative estimate of drug-likeness (QED) is 0.436. The number of carbonyl (C=O) groups excluding carboxylic acids is 1. The van der Waals surface area contributed by atoms with Crippen molar-refractivity contribution in [2.45, 2.75) is 32.4 Å². The maximum Gasteiger partial charge on any atom is 0.264 e. The fourth-order valence-electron chi connectivity index (χ4n) is 4.53. The van der Waals surface area contributed by atoms with E-state index in [1.165, 1.54) is 40.9 Å². The van der Waals surface area contributed by atoms with Crippen LogP contribution in [0.2, 0.25) is 0 Å². The van der Waals surface area contributed by atoms with Crippen LogP contribution in [0.4, 0.5) is 0 Å². The first-order valence-electron chi connectivity index (χ1n) is 11.2. The van der Waals surface area contributed by atoms with E-state index in [1.54, 1.807) is 0 Å². The normalized spacial score (nSPS) is 16.2. The molecule has 166 valence electrons. The topological polar surface area (TPSA) is 32.8 Å². The van der Waals surface area contributed by atoms with Gasteiger partial charge in [0.15, 0.2) is 0 Å². The summed E-state index contributed by atoms with van der Waals surface area (Å²) in [5, 5.41) is 2.05. The van der Waals surface area contributed by atoms with Crippen molar-refractivity contribution in [2.75, 3.05) is 26.2 Å². The number of rotatable bonds is 6. The number of aryl methyl sites for hydroxylation is 2. The second kappa shape index (κ2) is 9.77. The molecule has 5 rings (SSSR count). The summed E-state index contributed by atoms with van der Waals surface area (Å²) in [5.41, 5.74) is 5.23. The van der Waals surface area contributed by atoms with Crippen LogP contribution in [-0.2, 0) is 26.0 Å². The molecule has 1 aliphatic carbocycles. The van der Waals surface area contributed by atoms with Gasteiger partial charge in [0.25, 0.3) is 5.91 Å². The molecule has 2 heterocycles. The molecule has 0 saturated carbocycles. The standard InChI is InChI=1S/C26H27BrN2O2S/c27-23-6-1-3-19(13-23)16-28-9-11-29(12-10-28)26(30)25-14-20(18-32-25)17-31-24-8-7-21-4-2-5-22(21)15-24/h1,3,6-8,13-15,18H,2,4-5,9-12,16-17H2. The van der Waals surface area contributed by atoms with Gasteiger partial charge < -0.3 is 9.64 Å². The van der Waals surface area contributed by atoms with Gasteiger partial charge in [0.05, 0.1) is 4.88 Å². The van der Waals surface area contributed by atoms with Crippen LogP contribution in [0, 0.1) is 0 Å². The highest BCUT2D eigenvalue weighted by Crippen LogP contribution is 2.27. The van der Waals surface area contributed by atoms with Gasteiger partial charge in [0.2, 0.25) is 0 Å². The summed E-state index contributed by atoms with van der Waals surface area (Å²) in [6.07, 6.45) is 3.58. The molecule has 4 nitrogen and oxygen atoms in total. The maximum absolute atomic E-state index is 13.0. The van der Waals surface area contributed by atoms with E-state index in [9.17, 15) is 4.79 Å². The van der Waals surface area contributed by atoms with E-state index < -0.39 is 0 Å². The van der Waals surface area contributed by atoms with Gasteiger partial charge in [-0.05, 0) is 71.7 Å². The molecule has 1 aliphatic heterocycles. The lowest BCUT2D eigenvalue weighted by atomic mass is 10.1. The molecule has 32 heavy (non-hydrogen) atoms. The lowest BCUT2D eigenvalue weighted by Gasteiger charge is -2.34. The Morgan fingerprint density at radius 2 is 1.81 bits per heavy atom. The Morgan fingerprint density at radius 3 is 2.66 bits per heavy atom. The van der Waals surface area contributed by atoms with E-state index in [2.05, 4.69) is 57.2 Å². The van der Waals surface area contributed by atoms with Gasteiger partial charge in [-0.15, -0.1) is 11.3 Å². The minimum Gasteiger partial charge on any atom is -0.489 e. The molecule has 0 atom stereocenters. The molecule has 1 saturated heterocycles. The van der Waals surface area contributed by atoms with Crippen LogP contribution in [0.15, 0.2) is 58.4 Å². The Hall–Kier alpha value is -2.15. The van der Waals surface area contributed by atoms with Crippen molar-refractivity contribution in [1.29, 1.82) is 0 Å². The molecule has 0 unspecified atom stereocenters. The van der Waals surface area contributed by atoms with Gasteiger partial charge in [-0.2, -0.15) is 0 Å². The predicted molar refractivity (Wildman–Crippen MR) is 132 cm³/mol. The van der Waals surface area contributed by atoms with E-state index in [0.29, 0.717) is 6.61 Å². The number of benzene rings is 2. The van der Waals surface area contributed by atoms with Crippen molar-refractivity contribution in [1.82, 2.24) is 9.80 Å². The Morgan fingerprint density at radius 1 is 0.969 bits per heavy atom. The highest BCUT2D eigenvalue weighted by Gasteiger charge is 2.23. The number of nitrogens with zero attached hydrogens (tertiary/aromatic N) is 2. The zero-order valence-electron chi connectivity index (χ0n) is 18.1. The second-order valence-corrected chi connectivity index (χ2v) is 10.4. The van der Waals surface area contributed by atoms with E-state index in [1.807, 2.05) is 22.4 Å². The monoisotopic (exact) mass is 510 g/mol. The number of hydrogen-bond donors (Lipinski definition) is 0. The molecule has 0 spiro atoms. The summed E-state index contributed by atoms with van der Waals surface area (Å²) in [7, 11) is 0. The first-order valence-corrected chi connectivity index (χ1v) is 12.9. The number of fused-ring (bicyclic) bond motifs is 1. The SMILES string of the molecule is O=C(c1cc(COc2ccc3c(c2)CCC3)cs1)N1CCN(Cc2cccc(Br)c2)CC1. The number of hydrogen-bond acceptors (Lipinski definition) is 4. The van der Waals surface area contributed by atoms with Crippen LogP contribution in [0.5, 0.6) is 5.75 Å². The fraction of sp³-hybridized carbons (Fsp3) is 0.346. The molecule has 3 aromatic rings. The Bertz CT molecular complexity index is 1100. The molecule has 1 amide bonds. The van der Waals surface area contributed by atoms with Crippen molar-refractivity contribution < 1.29 is 9.53 Å². The Kier molecular flexibility index (Phi) is 6.62. The second-order valence-electron chi connectivity index (χ2n) is 8.59. The van der Waals surface area contributed by atoms with Gasteiger partial charge in [0.1, 0.15) is 12.4 Å². The number of carbonyl (C=O) groups is 1. The van der Waals surface area contributed by atoms with E-state index in [4.69, 9.17) is 4.74 Å². The van der Waals surface area contributed by atoms with E-state index >= 15 is 0 Å². The molecular formula is C26H27BrN2O2S. The van der Waals surface area contributed by atoms with Crippen LogP contribution in [-0.4, -0.2) is 41.9 Å². The summed E-state index contributed by atoms with van der Waals surface area (Å²) < 4.78 is 7.12. The summed E-state index contributed by atoms with van der Waals surface area (Å²) in [6.45, 7) is 4.76. The van der Waals surface area contributed by atoms with Gasteiger partial charge in [-0.25, -0.2) is 0 Å². The highest BCUT2D eigenvalue weighted by molar-refractivity contribution is 9.10. The lowest BCUT2D eigenvalue weighted by molar-refractivity contribution is 0.0633. The Labute approximate surface area is 201 Å². The Balaban J connectivity index is 1.12. The molecular weight excluding hydrogens is 484 g/mol. The third kappa shape index (κ3) is 5.08. The molecule has 0 bridgehead atoms. The summed E-state index contributed by atoms with van der Waals surface area (Å²) in [4.78, 5) is 18.2. The molecule has 0 N–H and O–H groups in total. The molecule has 6 heteroatoms. The number of thiophene rings is 1. The van der Waals surface area contributed by atoms with Crippen molar-refractivity contribution in [3.8, 4) is 5.75 Å². The zero-order chi connectivity index (χ0) is 21.9. The van der Waals surface area contributed by atoms with E-state index in [-0.39, 0.29) is 5.91 Å². The van der Waals surface area contributed by atoms with Crippen molar-refractivity contribution >= 4 is 33.2 Å². The molecule has 2 aliphatic rings. The minimum absolute atomic E-state index is 0.140. The number of halogens is 1. The zero-order valence-corrected chi connectivity index (χ0v) is 20.5. The third-order valence-electron chi connectivity index (χ3n) is 6.29. The minimum atomic E-state index is 0.140. The van der Waals surface area contributed by atoms with Crippen LogP contribution in [0.1, 0.15) is 38.3 Å². The summed E-state index contributed by atoms with van der Waals surface area (Å²) >= 11 is 5.06. The maximum atomic E-state index is 13.0. The van der Waals surface area contributed by atoms with Gasteiger partial charge in [-0.3, -0.25) is 9.69 Å². The smallest absolute Gasteiger partial charge is 0.264 e. The number of piperazine rings is 1. The molecule has 2 aromatic carbocycles. The van der Waals surface area contributed by atoms with Crippen molar-refractivity contribution in [2.24, 2.45) is 0 Å². The van der Waals surface area contributed by atoms with Crippen molar-refractivity contribution in [3.63, 3.8) is 0 Å². The largest absolute Gasteiger partial charge is 0.489 e. The lowest BCUT2D eigenvalue weighted by Crippen LogP contribution is -2.48. The average molecular weight is 511 g/mol. The first kappa shape index (κ1) is 21.7. The van der Waals surface area contributed by atoms with Crippen LogP contribution < -0.4 is 4.74 Å². The highest BCUT2D eigenvalue weighted by atomic mass is 79.9. The van der Waals surface area contributed by atoms with Crippen molar-refractivity contribution in [3.05, 3.63) is 85.5 Å². The predicted octanol–water partition coefficient (Wildman–Crippen LogP) is 5.54. The molecule has 1 fully saturated rings. The number of ether oxygens (including phenoxy) is 1. The van der Waals surface area contributed by atoms with Crippen LogP contribution in [0.3, 0.4) is 0 Å².